The van der Waals surface area contributed by atoms with Crippen LogP contribution in [0.25, 0.3) is 21.5 Å². The maximum atomic E-state index is 12.8. The molecule has 4 N–H and O–H groups in total. The average molecular weight is 759 g/mol. The van der Waals surface area contributed by atoms with E-state index in [4.69, 9.17) is 8.37 Å². The molecule has 14 heteroatoms. The molecule has 7 rings (SSSR count). The summed E-state index contributed by atoms with van der Waals surface area (Å²) in [5.41, 5.74) is 1.66. The molecule has 0 unspecified atom stereocenters. The van der Waals surface area contributed by atoms with Crippen LogP contribution in [0.4, 0.5) is 32.3 Å². The van der Waals surface area contributed by atoms with Gasteiger partial charge in [0.05, 0.1) is 0 Å². The first-order chi connectivity index (χ1) is 26.0. The Kier molecular flexibility index (Phi) is 9.85. The minimum atomic E-state index is -4.08. The quantitative estimate of drug-likeness (QED) is 0.100. The third kappa shape index (κ3) is 8.58. The van der Waals surface area contributed by atoms with E-state index in [1.54, 1.807) is 48.5 Å². The Morgan fingerprint density at radius 1 is 0.370 bits per heavy atom. The lowest BCUT2D eigenvalue weighted by atomic mass is 10.1. The Balaban J connectivity index is 0.873. The molecule has 0 saturated carbocycles. The summed E-state index contributed by atoms with van der Waals surface area (Å²) in [7, 11) is -8.16. The highest BCUT2D eigenvalue weighted by Crippen LogP contribution is 2.26. The van der Waals surface area contributed by atoms with Gasteiger partial charge in [0.1, 0.15) is 21.3 Å². The van der Waals surface area contributed by atoms with Crippen molar-refractivity contribution in [3.05, 3.63) is 158 Å². The molecule has 0 bridgehead atoms. The smallest absolute Gasteiger partial charge is 0.339 e. The number of nitrogens with one attached hydrogen (secondary N) is 4. The second-order valence-electron chi connectivity index (χ2n) is 11.9. The standard InChI is InChI=1S/C40H30N4O8S2/c45-39(43-33-15-19-35(20-16-33)51-53(47,48)37-23-9-27-5-1-3-7-29(27)25-37)41-31-11-13-32(14-12-31)42-40(46)44-34-17-21-36(22-18-34)52-54(49,50)38-24-10-28-6-2-4-8-30(28)26-38/h1-26H,(H2,41,43,45)(H2,42,44,46). The van der Waals surface area contributed by atoms with Crippen molar-refractivity contribution in [3.63, 3.8) is 0 Å². The number of amides is 4. The lowest BCUT2D eigenvalue weighted by Gasteiger charge is -2.11. The molecule has 0 aliphatic heterocycles. The van der Waals surface area contributed by atoms with E-state index in [1.807, 2.05) is 48.5 Å². The molecule has 0 fully saturated rings. The largest absolute Gasteiger partial charge is 0.379 e. The fourth-order valence-corrected chi connectivity index (χ4v) is 7.34. The van der Waals surface area contributed by atoms with E-state index in [1.165, 1.54) is 60.7 Å². The Morgan fingerprint density at radius 3 is 1.00 bits per heavy atom. The summed E-state index contributed by atoms with van der Waals surface area (Å²) in [6, 6.07) is 41.3. The molecule has 7 aromatic carbocycles. The maximum Gasteiger partial charge on any atom is 0.339 e. The van der Waals surface area contributed by atoms with Crippen LogP contribution in [-0.2, 0) is 20.2 Å². The van der Waals surface area contributed by atoms with Gasteiger partial charge in [-0.2, -0.15) is 16.8 Å². The van der Waals surface area contributed by atoms with Crippen molar-refractivity contribution in [1.29, 1.82) is 0 Å². The second kappa shape index (κ2) is 15.0. The number of anilines is 4. The first kappa shape index (κ1) is 35.5. The molecular weight excluding hydrogens is 729 g/mol. The Bertz CT molecular complexity index is 2530. The molecule has 0 aliphatic carbocycles. The average Bonchev–Trinajstić information content (AvgIpc) is 3.16. The zero-order chi connectivity index (χ0) is 37.7. The number of hydrogen-bond donors (Lipinski definition) is 4. The van der Waals surface area contributed by atoms with Crippen LogP contribution in [0.15, 0.2) is 168 Å². The summed E-state index contributed by atoms with van der Waals surface area (Å²) in [6.07, 6.45) is 0. The van der Waals surface area contributed by atoms with Gasteiger partial charge in [0.15, 0.2) is 0 Å². The number of carbonyl (C=O) groups excluding carboxylic acids is 2. The van der Waals surface area contributed by atoms with E-state index in [9.17, 15) is 26.4 Å². The molecule has 0 atom stereocenters. The van der Waals surface area contributed by atoms with E-state index in [2.05, 4.69) is 21.3 Å². The lowest BCUT2D eigenvalue weighted by Crippen LogP contribution is -2.20. The zero-order valence-corrected chi connectivity index (χ0v) is 29.7. The topological polar surface area (TPSA) is 169 Å². The molecule has 0 heterocycles. The summed E-state index contributed by atoms with van der Waals surface area (Å²) in [4.78, 5) is 25.3. The minimum Gasteiger partial charge on any atom is -0.379 e. The van der Waals surface area contributed by atoms with Crippen molar-refractivity contribution in [2.45, 2.75) is 9.79 Å². The molecule has 4 amide bonds. The minimum absolute atomic E-state index is 0.0237. The molecule has 7 aromatic rings. The normalized spacial score (nSPS) is 11.4. The number of urea groups is 2. The summed E-state index contributed by atoms with van der Waals surface area (Å²) in [6.45, 7) is 0. The van der Waals surface area contributed by atoms with Crippen molar-refractivity contribution in [2.75, 3.05) is 21.3 Å². The summed E-state index contributed by atoms with van der Waals surface area (Å²) < 4.78 is 61.9. The highest BCUT2D eigenvalue weighted by molar-refractivity contribution is 7.87. The molecule has 0 saturated heterocycles. The van der Waals surface area contributed by atoms with Crippen LogP contribution in [0.5, 0.6) is 11.5 Å². The molecule has 12 nitrogen and oxygen atoms in total. The van der Waals surface area contributed by atoms with E-state index < -0.39 is 32.3 Å². The maximum absolute atomic E-state index is 12.8. The van der Waals surface area contributed by atoms with Crippen LogP contribution < -0.4 is 29.6 Å². The lowest BCUT2D eigenvalue weighted by molar-refractivity contribution is 0.261. The number of benzene rings is 7. The Hall–Kier alpha value is -6.90. The van der Waals surface area contributed by atoms with Gasteiger partial charge in [0, 0.05) is 22.7 Å². The molecule has 54 heavy (non-hydrogen) atoms. The number of carbonyl (C=O) groups is 2. The second-order valence-corrected chi connectivity index (χ2v) is 15.0. The van der Waals surface area contributed by atoms with Crippen molar-refractivity contribution >= 4 is 76.6 Å². The third-order valence-corrected chi connectivity index (χ3v) is 10.5. The van der Waals surface area contributed by atoms with Crippen LogP contribution >= 0.6 is 0 Å². The van der Waals surface area contributed by atoms with E-state index in [-0.39, 0.29) is 21.3 Å². The van der Waals surface area contributed by atoms with Gasteiger partial charge in [-0.25, -0.2) is 9.59 Å². The fourth-order valence-electron chi connectivity index (χ4n) is 5.41. The van der Waals surface area contributed by atoms with Gasteiger partial charge >= 0.3 is 32.3 Å². The third-order valence-electron chi connectivity index (χ3n) is 8.06. The highest BCUT2D eigenvalue weighted by atomic mass is 32.2. The molecular formula is C40H30N4O8S2. The van der Waals surface area contributed by atoms with Gasteiger partial charge in [0.2, 0.25) is 0 Å². The van der Waals surface area contributed by atoms with Crippen LogP contribution in [0, 0.1) is 0 Å². The highest BCUT2D eigenvalue weighted by Gasteiger charge is 2.19. The number of hydrogen-bond acceptors (Lipinski definition) is 8. The molecule has 0 aliphatic rings. The summed E-state index contributed by atoms with van der Waals surface area (Å²) in [5.74, 6) is 0.158. The van der Waals surface area contributed by atoms with Crippen LogP contribution in [-0.4, -0.2) is 28.9 Å². The first-order valence-electron chi connectivity index (χ1n) is 16.3. The van der Waals surface area contributed by atoms with Crippen LogP contribution in [0.1, 0.15) is 0 Å². The van der Waals surface area contributed by atoms with Crippen molar-refractivity contribution in [1.82, 2.24) is 0 Å². The molecule has 0 radical (unpaired) electrons. The Morgan fingerprint density at radius 2 is 0.667 bits per heavy atom. The van der Waals surface area contributed by atoms with Gasteiger partial charge in [-0.15, -0.1) is 0 Å². The van der Waals surface area contributed by atoms with Gasteiger partial charge in [-0.3, -0.25) is 0 Å². The predicted octanol–water partition coefficient (Wildman–Crippen LogP) is 8.82. The van der Waals surface area contributed by atoms with Gasteiger partial charge in [0.25, 0.3) is 0 Å². The van der Waals surface area contributed by atoms with Crippen molar-refractivity contribution < 1.29 is 34.8 Å². The molecule has 0 aromatic heterocycles. The van der Waals surface area contributed by atoms with E-state index in [0.29, 0.717) is 22.7 Å². The van der Waals surface area contributed by atoms with Crippen molar-refractivity contribution in [2.24, 2.45) is 0 Å². The zero-order valence-electron chi connectivity index (χ0n) is 28.1. The van der Waals surface area contributed by atoms with Crippen molar-refractivity contribution in [3.8, 4) is 11.5 Å². The van der Waals surface area contributed by atoms with E-state index in [0.717, 1.165) is 21.5 Å². The Labute approximate surface area is 310 Å². The van der Waals surface area contributed by atoms with Gasteiger partial charge < -0.3 is 29.6 Å². The fraction of sp³-hybridized carbons (Fsp3) is 0. The van der Waals surface area contributed by atoms with E-state index >= 15 is 0 Å². The van der Waals surface area contributed by atoms with Gasteiger partial charge in [-0.05, 0) is 119 Å². The summed E-state index contributed by atoms with van der Waals surface area (Å²) in [5, 5.41) is 14.0. The molecule has 0 spiro atoms. The molecule has 270 valence electrons. The number of rotatable bonds is 10. The number of fused-ring (bicyclic) bond motifs is 2. The van der Waals surface area contributed by atoms with Crippen LogP contribution in [0.3, 0.4) is 0 Å². The summed E-state index contributed by atoms with van der Waals surface area (Å²) >= 11 is 0. The SMILES string of the molecule is O=C(Nc1ccc(NC(=O)Nc2ccc(OS(=O)(=O)c3ccc4ccccc4c3)cc2)cc1)Nc1ccc(OS(=O)(=O)c2ccc3ccccc3c2)cc1. The monoisotopic (exact) mass is 758 g/mol. The van der Waals surface area contributed by atoms with Crippen LogP contribution in [0.2, 0.25) is 0 Å². The predicted molar refractivity (Wildman–Crippen MR) is 208 cm³/mol. The van der Waals surface area contributed by atoms with Gasteiger partial charge in [-0.1, -0.05) is 60.7 Å². The first-order valence-corrected chi connectivity index (χ1v) is 19.1.